The summed E-state index contributed by atoms with van der Waals surface area (Å²) in [5.74, 6) is 0.372. The van der Waals surface area contributed by atoms with Crippen molar-refractivity contribution >= 4 is 45.2 Å². The number of aromatic nitrogens is 3. The molecule has 1 amide bonds. The fraction of sp³-hybridized carbons (Fsp3) is 0.316. The number of rotatable bonds is 3. The Kier molecular flexibility index (Phi) is 4.02. The normalized spacial score (nSPS) is 14.1. The van der Waals surface area contributed by atoms with Crippen LogP contribution in [0.5, 0.6) is 0 Å². The first-order valence-corrected chi connectivity index (χ1v) is 9.43. The molecule has 0 spiro atoms. The fourth-order valence-electron chi connectivity index (χ4n) is 3.10. The number of carbonyl (C=O) groups excluding carboxylic acids is 1. The molecule has 128 valence electrons. The molecule has 1 fully saturated rings. The number of carbonyl (C=O) groups is 1. The Morgan fingerprint density at radius 2 is 2.04 bits per heavy atom. The highest BCUT2D eigenvalue weighted by atomic mass is 127. The van der Waals surface area contributed by atoms with E-state index in [1.807, 2.05) is 38.2 Å². The number of anilines is 1. The Hall–Kier alpha value is -1.96. The molecule has 0 unspecified atom stereocenters. The molecule has 0 bridgehead atoms. The van der Waals surface area contributed by atoms with Crippen molar-refractivity contribution in [3.63, 3.8) is 0 Å². The maximum Gasteiger partial charge on any atom is 0.256 e. The minimum atomic E-state index is -0.106. The average molecular weight is 446 g/mol. The maximum atomic E-state index is 13.0. The van der Waals surface area contributed by atoms with E-state index in [0.29, 0.717) is 11.5 Å². The van der Waals surface area contributed by atoms with Gasteiger partial charge in [-0.1, -0.05) is 6.07 Å². The third-order valence-corrected chi connectivity index (χ3v) is 5.82. The molecule has 3 aromatic rings. The summed E-state index contributed by atoms with van der Waals surface area (Å²) >= 11 is 2.28. The number of aryl methyl sites for hydroxylation is 3. The van der Waals surface area contributed by atoms with Crippen molar-refractivity contribution in [1.82, 2.24) is 14.8 Å². The van der Waals surface area contributed by atoms with Gasteiger partial charge in [-0.25, -0.2) is 4.98 Å². The van der Waals surface area contributed by atoms with E-state index in [1.54, 1.807) is 4.68 Å². The van der Waals surface area contributed by atoms with E-state index in [1.165, 1.54) is 5.56 Å². The van der Waals surface area contributed by atoms with Gasteiger partial charge in [0.25, 0.3) is 5.91 Å². The summed E-state index contributed by atoms with van der Waals surface area (Å²) in [6, 6.07) is 7.89. The summed E-state index contributed by atoms with van der Waals surface area (Å²) < 4.78 is 2.90. The van der Waals surface area contributed by atoms with Gasteiger partial charge in [0.05, 0.1) is 16.6 Å². The zero-order chi connectivity index (χ0) is 17.7. The summed E-state index contributed by atoms with van der Waals surface area (Å²) in [6.07, 6.45) is 2.29. The molecular formula is C19H19IN4O. The van der Waals surface area contributed by atoms with E-state index in [-0.39, 0.29) is 5.91 Å². The molecule has 0 radical (unpaired) electrons. The number of hydrogen-bond acceptors (Lipinski definition) is 3. The largest absolute Gasteiger partial charge is 0.322 e. The highest BCUT2D eigenvalue weighted by molar-refractivity contribution is 14.1. The van der Waals surface area contributed by atoms with Crippen molar-refractivity contribution in [1.29, 1.82) is 0 Å². The van der Waals surface area contributed by atoms with E-state index >= 15 is 0 Å². The number of hydrogen-bond donors (Lipinski definition) is 1. The minimum absolute atomic E-state index is 0.106. The Balaban J connectivity index is 1.78. The molecule has 0 aliphatic heterocycles. The van der Waals surface area contributed by atoms with Crippen molar-refractivity contribution in [3.05, 3.63) is 50.4 Å². The van der Waals surface area contributed by atoms with Gasteiger partial charge in [0.1, 0.15) is 0 Å². The van der Waals surface area contributed by atoms with Crippen LogP contribution in [0.25, 0.3) is 11.0 Å². The van der Waals surface area contributed by atoms with Gasteiger partial charge in [0, 0.05) is 27.9 Å². The van der Waals surface area contributed by atoms with Crippen molar-refractivity contribution in [2.75, 3.05) is 5.32 Å². The molecule has 25 heavy (non-hydrogen) atoms. The summed E-state index contributed by atoms with van der Waals surface area (Å²) in [4.78, 5) is 17.8. The predicted octanol–water partition coefficient (Wildman–Crippen LogP) is 4.32. The van der Waals surface area contributed by atoms with Crippen LogP contribution in [0.2, 0.25) is 0 Å². The molecule has 4 rings (SSSR count). The van der Waals surface area contributed by atoms with Crippen LogP contribution in [0, 0.1) is 17.4 Å². The number of benzene rings is 1. The van der Waals surface area contributed by atoms with Gasteiger partial charge >= 0.3 is 0 Å². The van der Waals surface area contributed by atoms with Gasteiger partial charge in [-0.2, -0.15) is 5.10 Å². The Bertz CT molecular complexity index is 1000. The van der Waals surface area contributed by atoms with E-state index < -0.39 is 0 Å². The van der Waals surface area contributed by atoms with Crippen molar-refractivity contribution < 1.29 is 4.79 Å². The van der Waals surface area contributed by atoms with Gasteiger partial charge < -0.3 is 5.32 Å². The van der Waals surface area contributed by atoms with Gasteiger partial charge in [-0.3, -0.25) is 9.48 Å². The molecule has 1 saturated carbocycles. The molecule has 1 aromatic carbocycles. The minimum Gasteiger partial charge on any atom is -0.322 e. The molecule has 1 N–H and O–H groups in total. The lowest BCUT2D eigenvalue weighted by Crippen LogP contribution is -2.14. The molecule has 2 heterocycles. The van der Waals surface area contributed by atoms with Gasteiger partial charge in [0.15, 0.2) is 5.65 Å². The van der Waals surface area contributed by atoms with E-state index in [4.69, 9.17) is 4.98 Å². The molecule has 2 aromatic heterocycles. The van der Waals surface area contributed by atoms with Crippen molar-refractivity contribution in [2.45, 2.75) is 32.6 Å². The second-order valence-corrected chi connectivity index (χ2v) is 7.86. The highest BCUT2D eigenvalue weighted by Crippen LogP contribution is 2.40. The third kappa shape index (κ3) is 3.03. The fourth-order valence-corrected chi connectivity index (χ4v) is 3.62. The van der Waals surface area contributed by atoms with E-state index in [2.05, 4.69) is 39.9 Å². The summed E-state index contributed by atoms with van der Waals surface area (Å²) in [5.41, 5.74) is 5.28. The SMILES string of the molecule is Cc1ccc(NC(=O)c2cc(C3CC3)nc3c2c(C)nn3C)cc1I. The summed E-state index contributed by atoms with van der Waals surface area (Å²) in [7, 11) is 1.88. The molecular weight excluding hydrogens is 427 g/mol. The highest BCUT2D eigenvalue weighted by Gasteiger charge is 2.28. The smallest absolute Gasteiger partial charge is 0.256 e. The van der Waals surface area contributed by atoms with Crippen LogP contribution in [0.1, 0.15) is 46.1 Å². The Morgan fingerprint density at radius 1 is 1.28 bits per heavy atom. The van der Waals surface area contributed by atoms with Gasteiger partial charge in [-0.15, -0.1) is 0 Å². The molecule has 0 saturated heterocycles. The number of fused-ring (bicyclic) bond motifs is 1. The summed E-state index contributed by atoms with van der Waals surface area (Å²) in [5, 5.41) is 8.33. The van der Waals surface area contributed by atoms with E-state index in [0.717, 1.165) is 44.5 Å². The molecule has 6 heteroatoms. The van der Waals surface area contributed by atoms with Crippen LogP contribution in [0.4, 0.5) is 5.69 Å². The zero-order valence-corrected chi connectivity index (χ0v) is 16.6. The summed E-state index contributed by atoms with van der Waals surface area (Å²) in [6.45, 7) is 3.98. The number of pyridine rings is 1. The number of halogens is 1. The number of nitrogens with one attached hydrogen (secondary N) is 1. The monoisotopic (exact) mass is 446 g/mol. The molecule has 1 aliphatic rings. The Labute approximate surface area is 160 Å². The first-order chi connectivity index (χ1) is 11.9. The van der Waals surface area contributed by atoms with Crippen LogP contribution in [-0.2, 0) is 7.05 Å². The number of nitrogens with zero attached hydrogens (tertiary/aromatic N) is 3. The van der Waals surface area contributed by atoms with Crippen LogP contribution < -0.4 is 5.32 Å². The second-order valence-electron chi connectivity index (χ2n) is 6.69. The van der Waals surface area contributed by atoms with Crippen LogP contribution in [-0.4, -0.2) is 20.7 Å². The van der Waals surface area contributed by atoms with Crippen molar-refractivity contribution in [3.8, 4) is 0 Å². The molecule has 1 aliphatic carbocycles. The van der Waals surface area contributed by atoms with Crippen LogP contribution in [0.3, 0.4) is 0 Å². The van der Waals surface area contributed by atoms with Crippen LogP contribution >= 0.6 is 22.6 Å². The third-order valence-electron chi connectivity index (χ3n) is 4.66. The van der Waals surface area contributed by atoms with Gasteiger partial charge in [0.2, 0.25) is 0 Å². The van der Waals surface area contributed by atoms with Gasteiger partial charge in [-0.05, 0) is 73.0 Å². The topological polar surface area (TPSA) is 59.8 Å². The predicted molar refractivity (Wildman–Crippen MR) is 107 cm³/mol. The zero-order valence-electron chi connectivity index (χ0n) is 14.4. The average Bonchev–Trinajstić information content (AvgIpc) is 3.37. The number of amides is 1. The first kappa shape index (κ1) is 16.5. The Morgan fingerprint density at radius 3 is 2.72 bits per heavy atom. The quantitative estimate of drug-likeness (QED) is 0.610. The lowest BCUT2D eigenvalue weighted by Gasteiger charge is -2.10. The second kappa shape index (κ2) is 6.09. The maximum absolute atomic E-state index is 13.0. The lowest BCUT2D eigenvalue weighted by atomic mass is 10.1. The lowest BCUT2D eigenvalue weighted by molar-refractivity contribution is 0.102. The molecule has 0 atom stereocenters. The van der Waals surface area contributed by atoms with Crippen molar-refractivity contribution in [2.24, 2.45) is 7.05 Å². The van der Waals surface area contributed by atoms with Crippen LogP contribution in [0.15, 0.2) is 24.3 Å². The van der Waals surface area contributed by atoms with E-state index in [9.17, 15) is 4.79 Å². The standard InChI is InChI=1S/C19H19IN4O/c1-10-4-7-13(8-15(10)20)21-19(25)14-9-16(12-5-6-12)22-18-17(14)11(2)23-24(18)3/h4,7-9,12H,5-6H2,1-3H3,(H,21,25). The molecule has 5 nitrogen and oxygen atoms in total. The first-order valence-electron chi connectivity index (χ1n) is 8.36.